The number of hydrogen-bond donors (Lipinski definition) is 0. The lowest BCUT2D eigenvalue weighted by atomic mass is 9.95. The number of nitrogens with zero attached hydrogens (tertiary/aromatic N) is 4. The lowest BCUT2D eigenvalue weighted by molar-refractivity contribution is -0.127. The van der Waals surface area contributed by atoms with Crippen molar-refractivity contribution in [2.24, 2.45) is 7.05 Å². The van der Waals surface area contributed by atoms with Crippen LogP contribution in [0.3, 0.4) is 0 Å². The van der Waals surface area contributed by atoms with Gasteiger partial charge in [-0.3, -0.25) is 4.79 Å². The van der Waals surface area contributed by atoms with Gasteiger partial charge < -0.3 is 4.90 Å². The third-order valence-electron chi connectivity index (χ3n) is 5.07. The number of piperidine rings is 1. The number of carbonyl (C=O) groups excluding carboxylic acids is 1. The minimum absolute atomic E-state index is 0.0355. The summed E-state index contributed by atoms with van der Waals surface area (Å²) in [6.45, 7) is 1.33. The zero-order valence-electron chi connectivity index (χ0n) is 15.7. The minimum atomic E-state index is -0.140. The predicted octanol–water partition coefficient (Wildman–Crippen LogP) is 3.05. The molecule has 2 aromatic heterocycles. The van der Waals surface area contributed by atoms with Crippen molar-refractivity contribution >= 4 is 23.3 Å². The number of aromatic nitrogens is 3. The van der Waals surface area contributed by atoms with Crippen LogP contribution in [0.15, 0.2) is 58.7 Å². The lowest BCUT2D eigenvalue weighted by Gasteiger charge is -2.30. The molecular weight excluding hydrogens is 372 g/mol. The van der Waals surface area contributed by atoms with E-state index in [0.29, 0.717) is 13.1 Å². The van der Waals surface area contributed by atoms with Gasteiger partial charge in [-0.2, -0.15) is 5.10 Å². The fraction of sp³-hybridized carbons (Fsp3) is 0.286. The van der Waals surface area contributed by atoms with Crippen LogP contribution in [0.4, 0.5) is 0 Å². The topological polar surface area (TPSA) is 60.1 Å². The Bertz CT molecular complexity index is 1030. The van der Waals surface area contributed by atoms with Crippen molar-refractivity contribution in [3.05, 3.63) is 75.1 Å². The highest BCUT2D eigenvalue weighted by atomic mass is 32.1. The Morgan fingerprint density at radius 3 is 2.57 bits per heavy atom. The SMILES string of the molecule is Cn1nc(C2CCN(C(=O)/C=C/c3cccs3)CC2)n(-c2ccccc2)c1=O. The number of amides is 1. The highest BCUT2D eigenvalue weighted by molar-refractivity contribution is 7.10. The van der Waals surface area contributed by atoms with Crippen LogP contribution in [0.2, 0.25) is 0 Å². The average Bonchev–Trinajstić information content (AvgIpc) is 3.35. The third-order valence-corrected chi connectivity index (χ3v) is 5.91. The van der Waals surface area contributed by atoms with E-state index in [1.54, 1.807) is 29.0 Å². The molecule has 1 aliphatic rings. The molecule has 0 aliphatic carbocycles. The molecule has 1 amide bonds. The second-order valence-electron chi connectivity index (χ2n) is 6.88. The summed E-state index contributed by atoms with van der Waals surface area (Å²) in [5.74, 6) is 0.965. The molecule has 0 unspecified atom stereocenters. The standard InChI is InChI=1S/C21H22N4O2S/c1-23-21(27)25(17-6-3-2-4-7-17)20(22-23)16-11-13-24(14-12-16)19(26)10-9-18-8-5-15-28-18/h2-10,15-16H,11-14H2,1H3/b10-9+. The van der Waals surface area contributed by atoms with Crippen LogP contribution in [0.1, 0.15) is 29.5 Å². The second-order valence-corrected chi connectivity index (χ2v) is 7.86. The molecule has 4 rings (SSSR count). The highest BCUT2D eigenvalue weighted by Gasteiger charge is 2.28. The van der Waals surface area contributed by atoms with E-state index in [1.165, 1.54) is 4.68 Å². The molecule has 1 saturated heterocycles. The van der Waals surface area contributed by atoms with Gasteiger partial charge in [-0.15, -0.1) is 11.3 Å². The molecule has 0 N–H and O–H groups in total. The fourth-order valence-electron chi connectivity index (χ4n) is 3.57. The normalized spacial score (nSPS) is 15.4. The Hall–Kier alpha value is -2.93. The molecule has 3 aromatic rings. The molecule has 0 bridgehead atoms. The van der Waals surface area contributed by atoms with E-state index >= 15 is 0 Å². The number of carbonyl (C=O) groups is 1. The van der Waals surface area contributed by atoms with Crippen LogP contribution >= 0.6 is 11.3 Å². The number of hydrogen-bond acceptors (Lipinski definition) is 4. The molecule has 144 valence electrons. The van der Waals surface area contributed by atoms with Gasteiger partial charge in [0.1, 0.15) is 5.82 Å². The first-order valence-electron chi connectivity index (χ1n) is 9.35. The summed E-state index contributed by atoms with van der Waals surface area (Å²) >= 11 is 1.61. The number of rotatable bonds is 4. The van der Waals surface area contributed by atoms with E-state index in [2.05, 4.69) is 5.10 Å². The van der Waals surface area contributed by atoms with E-state index in [0.717, 1.165) is 29.2 Å². The van der Waals surface area contributed by atoms with Gasteiger partial charge in [0.15, 0.2) is 0 Å². The maximum Gasteiger partial charge on any atom is 0.350 e. The van der Waals surface area contributed by atoms with E-state index in [1.807, 2.05) is 58.8 Å². The van der Waals surface area contributed by atoms with Crippen molar-refractivity contribution < 1.29 is 4.79 Å². The van der Waals surface area contributed by atoms with Gasteiger partial charge in [0.2, 0.25) is 5.91 Å². The van der Waals surface area contributed by atoms with Crippen molar-refractivity contribution in [3.8, 4) is 5.69 Å². The summed E-state index contributed by atoms with van der Waals surface area (Å²) in [6, 6.07) is 13.6. The first kappa shape index (κ1) is 18.4. The molecule has 7 heteroatoms. The van der Waals surface area contributed by atoms with Crippen LogP contribution in [0.5, 0.6) is 0 Å². The van der Waals surface area contributed by atoms with E-state index in [9.17, 15) is 9.59 Å². The van der Waals surface area contributed by atoms with Gasteiger partial charge in [0.25, 0.3) is 0 Å². The molecule has 3 heterocycles. The number of benzene rings is 1. The zero-order chi connectivity index (χ0) is 19.5. The summed E-state index contributed by atoms with van der Waals surface area (Å²) in [5, 5.41) is 6.50. The zero-order valence-corrected chi connectivity index (χ0v) is 16.5. The number of thiophene rings is 1. The molecule has 0 atom stereocenters. The number of para-hydroxylation sites is 1. The third kappa shape index (κ3) is 3.71. The quantitative estimate of drug-likeness (QED) is 0.639. The van der Waals surface area contributed by atoms with Crippen molar-refractivity contribution in [3.63, 3.8) is 0 Å². The van der Waals surface area contributed by atoms with Gasteiger partial charge in [-0.05, 0) is 42.5 Å². The van der Waals surface area contributed by atoms with Crippen LogP contribution < -0.4 is 5.69 Å². The molecule has 1 aromatic carbocycles. The summed E-state index contributed by atoms with van der Waals surface area (Å²) in [5.41, 5.74) is 0.687. The van der Waals surface area contributed by atoms with Gasteiger partial charge in [-0.25, -0.2) is 14.0 Å². The summed E-state index contributed by atoms with van der Waals surface area (Å²) in [6.07, 6.45) is 5.10. The average molecular weight is 395 g/mol. The molecule has 28 heavy (non-hydrogen) atoms. The summed E-state index contributed by atoms with van der Waals surface area (Å²) in [4.78, 5) is 28.0. The van der Waals surface area contributed by atoms with Gasteiger partial charge in [0.05, 0.1) is 5.69 Å². The van der Waals surface area contributed by atoms with E-state index in [-0.39, 0.29) is 17.5 Å². The molecule has 6 nitrogen and oxygen atoms in total. The first-order chi connectivity index (χ1) is 13.6. The Morgan fingerprint density at radius 2 is 1.89 bits per heavy atom. The van der Waals surface area contributed by atoms with Gasteiger partial charge in [0, 0.05) is 37.0 Å². The van der Waals surface area contributed by atoms with Crippen LogP contribution in [0.25, 0.3) is 11.8 Å². The number of likely N-dealkylation sites (tertiary alicyclic amines) is 1. The highest BCUT2D eigenvalue weighted by Crippen LogP contribution is 2.27. The van der Waals surface area contributed by atoms with Crippen LogP contribution in [0, 0.1) is 0 Å². The molecule has 0 saturated carbocycles. The van der Waals surface area contributed by atoms with Crippen molar-refractivity contribution in [1.82, 2.24) is 19.2 Å². The summed E-state index contributed by atoms with van der Waals surface area (Å²) in [7, 11) is 1.68. The van der Waals surface area contributed by atoms with Gasteiger partial charge in [-0.1, -0.05) is 24.3 Å². The largest absolute Gasteiger partial charge is 0.350 e. The van der Waals surface area contributed by atoms with E-state index < -0.39 is 0 Å². The molecule has 0 spiro atoms. The maximum absolute atomic E-state index is 12.6. The second kappa shape index (κ2) is 7.98. The Kier molecular flexibility index (Phi) is 5.25. The van der Waals surface area contributed by atoms with Crippen LogP contribution in [-0.4, -0.2) is 38.2 Å². The van der Waals surface area contributed by atoms with Gasteiger partial charge >= 0.3 is 5.69 Å². The summed E-state index contributed by atoms with van der Waals surface area (Å²) < 4.78 is 3.09. The fourth-order valence-corrected chi connectivity index (χ4v) is 4.19. The Balaban J connectivity index is 1.48. The first-order valence-corrected chi connectivity index (χ1v) is 10.2. The van der Waals surface area contributed by atoms with Crippen LogP contribution in [-0.2, 0) is 11.8 Å². The monoisotopic (exact) mass is 394 g/mol. The molecule has 0 radical (unpaired) electrons. The predicted molar refractivity (Wildman–Crippen MR) is 111 cm³/mol. The molecule has 1 aliphatic heterocycles. The molecular formula is C21H22N4O2S. The maximum atomic E-state index is 12.6. The van der Waals surface area contributed by atoms with Crippen molar-refractivity contribution in [2.45, 2.75) is 18.8 Å². The van der Waals surface area contributed by atoms with Crippen molar-refractivity contribution in [2.75, 3.05) is 13.1 Å². The van der Waals surface area contributed by atoms with E-state index in [4.69, 9.17) is 0 Å². The number of aryl methyl sites for hydroxylation is 1. The molecule has 1 fully saturated rings. The minimum Gasteiger partial charge on any atom is -0.339 e. The Morgan fingerprint density at radius 1 is 1.14 bits per heavy atom. The smallest absolute Gasteiger partial charge is 0.339 e. The van der Waals surface area contributed by atoms with Crippen molar-refractivity contribution in [1.29, 1.82) is 0 Å². The Labute approximate surface area is 167 Å². The lowest BCUT2D eigenvalue weighted by Crippen LogP contribution is -2.37.